The van der Waals surface area contributed by atoms with Crippen LogP contribution in [-0.2, 0) is 30.4 Å². The van der Waals surface area contributed by atoms with E-state index in [1.807, 2.05) is 0 Å². The standard InChI is InChI=1S/C19H27N5O6S/c1-10(22-17(27)12(20)9-31)16(26)23-13(7-11-5-3-2-4-6-11)18(28)24-14(19(29)30)8-15(21)25/h2-6,10,12-14,31H,7-9,20H2,1H3,(H2,21,25)(H,22,27)(H,23,26)(H,24,28)(H,29,30). The molecule has 4 amide bonds. The van der Waals surface area contributed by atoms with E-state index in [0.717, 1.165) is 0 Å². The maximum atomic E-state index is 12.7. The number of carboxylic acid groups (broad SMARTS) is 1. The highest BCUT2D eigenvalue weighted by Gasteiger charge is 2.29. The van der Waals surface area contributed by atoms with Gasteiger partial charge in [0.05, 0.1) is 12.5 Å². The Balaban J connectivity index is 2.96. The van der Waals surface area contributed by atoms with E-state index >= 15 is 0 Å². The molecule has 0 saturated heterocycles. The molecule has 0 bridgehead atoms. The molecule has 0 aliphatic heterocycles. The fourth-order valence-electron chi connectivity index (χ4n) is 2.50. The number of benzene rings is 1. The second kappa shape index (κ2) is 12.5. The monoisotopic (exact) mass is 453 g/mol. The van der Waals surface area contributed by atoms with Gasteiger partial charge in [0.2, 0.25) is 23.6 Å². The number of carbonyl (C=O) groups is 5. The van der Waals surface area contributed by atoms with Crippen molar-refractivity contribution in [2.75, 3.05) is 5.75 Å². The molecule has 1 aromatic carbocycles. The first-order valence-electron chi connectivity index (χ1n) is 9.37. The molecule has 0 heterocycles. The SMILES string of the molecule is CC(NC(=O)C(N)CS)C(=O)NC(Cc1ccccc1)C(=O)NC(CC(N)=O)C(=O)O. The molecule has 1 rings (SSSR count). The molecule has 0 spiro atoms. The Morgan fingerprint density at radius 1 is 0.968 bits per heavy atom. The smallest absolute Gasteiger partial charge is 0.326 e. The number of primary amides is 1. The van der Waals surface area contributed by atoms with E-state index in [4.69, 9.17) is 11.5 Å². The van der Waals surface area contributed by atoms with Gasteiger partial charge in [0.1, 0.15) is 18.1 Å². The summed E-state index contributed by atoms with van der Waals surface area (Å²) in [4.78, 5) is 59.5. The highest BCUT2D eigenvalue weighted by Crippen LogP contribution is 2.05. The molecule has 0 saturated carbocycles. The Bertz CT molecular complexity index is 806. The zero-order valence-corrected chi connectivity index (χ0v) is 17.8. The van der Waals surface area contributed by atoms with Gasteiger partial charge in [0.25, 0.3) is 0 Å². The molecule has 4 atom stereocenters. The van der Waals surface area contributed by atoms with E-state index < -0.39 is 60.2 Å². The highest BCUT2D eigenvalue weighted by molar-refractivity contribution is 7.80. The first kappa shape index (κ1) is 25.9. The van der Waals surface area contributed by atoms with Crippen LogP contribution in [0.2, 0.25) is 0 Å². The van der Waals surface area contributed by atoms with Crippen LogP contribution in [-0.4, -0.2) is 64.6 Å². The first-order valence-corrected chi connectivity index (χ1v) is 10.0. The van der Waals surface area contributed by atoms with Gasteiger partial charge < -0.3 is 32.5 Å². The van der Waals surface area contributed by atoms with Crippen LogP contribution in [0.4, 0.5) is 0 Å². The van der Waals surface area contributed by atoms with Crippen LogP contribution in [0.5, 0.6) is 0 Å². The maximum absolute atomic E-state index is 12.7. The van der Waals surface area contributed by atoms with Gasteiger partial charge in [0.15, 0.2) is 0 Å². The van der Waals surface area contributed by atoms with Crippen molar-refractivity contribution in [1.29, 1.82) is 0 Å². The van der Waals surface area contributed by atoms with Crippen LogP contribution in [0.1, 0.15) is 18.9 Å². The fraction of sp³-hybridized carbons (Fsp3) is 0.421. The Kier molecular flexibility index (Phi) is 10.5. The van der Waals surface area contributed by atoms with E-state index in [1.54, 1.807) is 30.3 Å². The number of hydrogen-bond donors (Lipinski definition) is 7. The normalized spacial score (nSPS) is 14.4. The summed E-state index contributed by atoms with van der Waals surface area (Å²) < 4.78 is 0. The van der Waals surface area contributed by atoms with Crippen molar-refractivity contribution in [2.24, 2.45) is 11.5 Å². The third-order valence-corrected chi connectivity index (χ3v) is 4.61. The molecule has 4 unspecified atom stereocenters. The molecular weight excluding hydrogens is 426 g/mol. The van der Waals surface area contributed by atoms with Crippen LogP contribution in [0.3, 0.4) is 0 Å². The molecule has 1 aromatic rings. The number of hydrogen-bond acceptors (Lipinski definition) is 7. The minimum absolute atomic E-state index is 0.0398. The van der Waals surface area contributed by atoms with E-state index in [1.165, 1.54) is 6.92 Å². The second-order valence-electron chi connectivity index (χ2n) is 6.84. The quantitative estimate of drug-likeness (QED) is 0.176. The zero-order chi connectivity index (χ0) is 23.6. The lowest BCUT2D eigenvalue weighted by Crippen LogP contribution is -2.57. The highest BCUT2D eigenvalue weighted by atomic mass is 32.1. The van der Waals surface area contributed by atoms with Crippen molar-refractivity contribution in [3.8, 4) is 0 Å². The summed E-state index contributed by atoms with van der Waals surface area (Å²) >= 11 is 3.92. The van der Waals surface area contributed by atoms with Gasteiger partial charge in [-0.05, 0) is 12.5 Å². The Hall–Kier alpha value is -3.12. The van der Waals surface area contributed by atoms with Crippen molar-refractivity contribution >= 4 is 42.2 Å². The topological polar surface area (TPSA) is 194 Å². The van der Waals surface area contributed by atoms with Gasteiger partial charge >= 0.3 is 5.97 Å². The van der Waals surface area contributed by atoms with Crippen molar-refractivity contribution in [1.82, 2.24) is 16.0 Å². The van der Waals surface area contributed by atoms with Crippen molar-refractivity contribution < 1.29 is 29.1 Å². The lowest BCUT2D eigenvalue weighted by atomic mass is 10.0. The molecule has 170 valence electrons. The number of carbonyl (C=O) groups excluding carboxylic acids is 4. The number of amides is 4. The Morgan fingerprint density at radius 2 is 1.55 bits per heavy atom. The number of rotatable bonds is 12. The number of aliphatic carboxylic acids is 1. The summed E-state index contributed by atoms with van der Waals surface area (Å²) in [6.45, 7) is 1.41. The van der Waals surface area contributed by atoms with E-state index in [-0.39, 0.29) is 12.2 Å². The van der Waals surface area contributed by atoms with Crippen molar-refractivity contribution in [3.63, 3.8) is 0 Å². The number of thiol groups is 1. The summed E-state index contributed by atoms with van der Waals surface area (Å²) in [5, 5.41) is 16.3. The van der Waals surface area contributed by atoms with Crippen molar-refractivity contribution in [2.45, 2.75) is 43.9 Å². The van der Waals surface area contributed by atoms with Gasteiger partial charge in [-0.2, -0.15) is 12.6 Å². The molecule has 31 heavy (non-hydrogen) atoms. The summed E-state index contributed by atoms with van der Waals surface area (Å²) in [6.07, 6.45) is -0.570. The molecule has 12 heteroatoms. The maximum Gasteiger partial charge on any atom is 0.326 e. The molecule has 0 aliphatic rings. The number of nitrogens with two attached hydrogens (primary N) is 2. The Labute approximate surface area is 184 Å². The molecular formula is C19H27N5O6S. The van der Waals surface area contributed by atoms with E-state index in [0.29, 0.717) is 5.56 Å². The van der Waals surface area contributed by atoms with E-state index in [9.17, 15) is 29.1 Å². The van der Waals surface area contributed by atoms with Gasteiger partial charge in [0, 0.05) is 12.2 Å². The number of nitrogens with one attached hydrogen (secondary N) is 3. The zero-order valence-electron chi connectivity index (χ0n) is 16.9. The van der Waals surface area contributed by atoms with Crippen LogP contribution in [0.25, 0.3) is 0 Å². The minimum Gasteiger partial charge on any atom is -0.480 e. The van der Waals surface area contributed by atoms with Crippen LogP contribution < -0.4 is 27.4 Å². The largest absolute Gasteiger partial charge is 0.480 e. The summed E-state index contributed by atoms with van der Waals surface area (Å²) in [5.41, 5.74) is 11.3. The predicted molar refractivity (Wildman–Crippen MR) is 115 cm³/mol. The predicted octanol–water partition coefficient (Wildman–Crippen LogP) is -2.08. The second-order valence-corrected chi connectivity index (χ2v) is 7.21. The number of carboxylic acids is 1. The average Bonchev–Trinajstić information content (AvgIpc) is 2.72. The van der Waals surface area contributed by atoms with Gasteiger partial charge in [-0.1, -0.05) is 30.3 Å². The molecule has 0 fully saturated rings. The van der Waals surface area contributed by atoms with Gasteiger partial charge in [-0.15, -0.1) is 0 Å². The molecule has 0 aliphatic carbocycles. The average molecular weight is 454 g/mol. The molecule has 8 N–H and O–H groups in total. The summed E-state index contributed by atoms with van der Waals surface area (Å²) in [5.74, 6) is -4.37. The fourth-order valence-corrected chi connectivity index (χ4v) is 2.66. The lowest BCUT2D eigenvalue weighted by molar-refractivity contribution is -0.143. The third kappa shape index (κ3) is 9.05. The van der Waals surface area contributed by atoms with Gasteiger partial charge in [-0.25, -0.2) is 4.79 Å². The molecule has 0 radical (unpaired) electrons. The van der Waals surface area contributed by atoms with Crippen LogP contribution >= 0.6 is 12.6 Å². The first-order chi connectivity index (χ1) is 14.5. The third-order valence-electron chi connectivity index (χ3n) is 4.22. The van der Waals surface area contributed by atoms with Crippen LogP contribution in [0.15, 0.2) is 30.3 Å². The summed E-state index contributed by atoms with van der Waals surface area (Å²) in [6, 6.07) is 4.03. The molecule has 11 nitrogen and oxygen atoms in total. The van der Waals surface area contributed by atoms with Gasteiger partial charge in [-0.3, -0.25) is 19.2 Å². The van der Waals surface area contributed by atoms with Crippen molar-refractivity contribution in [3.05, 3.63) is 35.9 Å². The van der Waals surface area contributed by atoms with Crippen LogP contribution in [0, 0.1) is 0 Å². The van der Waals surface area contributed by atoms with E-state index in [2.05, 4.69) is 28.6 Å². The molecule has 0 aromatic heterocycles. The summed E-state index contributed by atoms with van der Waals surface area (Å²) in [7, 11) is 0. The lowest BCUT2D eigenvalue weighted by Gasteiger charge is -2.23. The minimum atomic E-state index is -1.55. The Morgan fingerprint density at radius 3 is 2.06 bits per heavy atom.